The zero-order chi connectivity index (χ0) is 14.0. The topological polar surface area (TPSA) is 85.1 Å². The average Bonchev–Trinajstić information content (AvgIpc) is 2.37. The molecule has 3 N–H and O–H groups in total. The standard InChI is InChI=1S/C13H17N3O2S/c1-9(14)10(2)16-19(17,18)13-5-3-4-11-8-15-7-6-12(11)13/h3-10,16H,14H2,1-2H3. The Labute approximate surface area is 112 Å². The van der Waals surface area contributed by atoms with Gasteiger partial charge in [-0.25, -0.2) is 13.1 Å². The predicted octanol–water partition coefficient (Wildman–Crippen LogP) is 1.25. The highest BCUT2D eigenvalue weighted by atomic mass is 32.2. The zero-order valence-electron chi connectivity index (χ0n) is 10.9. The highest BCUT2D eigenvalue weighted by molar-refractivity contribution is 7.89. The fourth-order valence-corrected chi connectivity index (χ4v) is 3.31. The first-order chi connectivity index (χ1) is 8.92. The summed E-state index contributed by atoms with van der Waals surface area (Å²) in [7, 11) is -3.59. The van der Waals surface area contributed by atoms with Gasteiger partial charge in [0.05, 0.1) is 4.90 Å². The normalized spacial score (nSPS) is 15.3. The summed E-state index contributed by atoms with van der Waals surface area (Å²) in [5.41, 5.74) is 5.70. The largest absolute Gasteiger partial charge is 0.327 e. The first kappa shape index (κ1) is 13.9. The van der Waals surface area contributed by atoms with Crippen LogP contribution in [-0.4, -0.2) is 25.5 Å². The summed E-state index contributed by atoms with van der Waals surface area (Å²) in [6.07, 6.45) is 3.22. The van der Waals surface area contributed by atoms with Crippen molar-refractivity contribution in [2.75, 3.05) is 0 Å². The number of nitrogens with one attached hydrogen (secondary N) is 1. The number of benzene rings is 1. The number of fused-ring (bicyclic) bond motifs is 1. The number of rotatable bonds is 4. The Balaban J connectivity index is 2.49. The maximum atomic E-state index is 12.4. The number of sulfonamides is 1. The van der Waals surface area contributed by atoms with Gasteiger partial charge in [-0.1, -0.05) is 12.1 Å². The van der Waals surface area contributed by atoms with Crippen LogP contribution in [0.3, 0.4) is 0 Å². The molecule has 0 radical (unpaired) electrons. The van der Waals surface area contributed by atoms with Crippen LogP contribution in [0.25, 0.3) is 10.8 Å². The average molecular weight is 279 g/mol. The number of aromatic nitrogens is 1. The molecule has 0 fully saturated rings. The molecule has 2 atom stereocenters. The number of hydrogen-bond acceptors (Lipinski definition) is 4. The molecule has 1 heterocycles. The Morgan fingerprint density at radius 2 is 2.00 bits per heavy atom. The Morgan fingerprint density at radius 1 is 1.26 bits per heavy atom. The van der Waals surface area contributed by atoms with Crippen LogP contribution in [0.5, 0.6) is 0 Å². The van der Waals surface area contributed by atoms with Crippen LogP contribution in [0.1, 0.15) is 13.8 Å². The SMILES string of the molecule is CC(N)C(C)NS(=O)(=O)c1cccc2cnccc12. The van der Waals surface area contributed by atoms with E-state index in [2.05, 4.69) is 9.71 Å². The zero-order valence-corrected chi connectivity index (χ0v) is 11.7. The minimum Gasteiger partial charge on any atom is -0.327 e. The van der Waals surface area contributed by atoms with E-state index in [0.29, 0.717) is 5.39 Å². The van der Waals surface area contributed by atoms with E-state index in [4.69, 9.17) is 5.73 Å². The molecular formula is C13H17N3O2S. The van der Waals surface area contributed by atoms with Crippen LogP contribution >= 0.6 is 0 Å². The third kappa shape index (κ3) is 2.91. The van der Waals surface area contributed by atoms with E-state index in [1.54, 1.807) is 44.4 Å². The van der Waals surface area contributed by atoms with Crippen LogP contribution in [-0.2, 0) is 10.0 Å². The van der Waals surface area contributed by atoms with Crippen molar-refractivity contribution in [3.8, 4) is 0 Å². The van der Waals surface area contributed by atoms with Gasteiger partial charge >= 0.3 is 0 Å². The summed E-state index contributed by atoms with van der Waals surface area (Å²) in [6, 6.07) is 6.22. The van der Waals surface area contributed by atoms with E-state index in [9.17, 15) is 8.42 Å². The molecule has 0 aliphatic carbocycles. The van der Waals surface area contributed by atoms with E-state index in [-0.39, 0.29) is 17.0 Å². The monoisotopic (exact) mass is 279 g/mol. The number of pyridine rings is 1. The molecule has 1 aromatic carbocycles. The molecule has 6 heteroatoms. The van der Waals surface area contributed by atoms with E-state index < -0.39 is 10.0 Å². The van der Waals surface area contributed by atoms with Crippen LogP contribution in [0, 0.1) is 0 Å². The highest BCUT2D eigenvalue weighted by Crippen LogP contribution is 2.22. The second-order valence-electron chi connectivity index (χ2n) is 4.62. The quantitative estimate of drug-likeness (QED) is 0.882. The molecule has 0 amide bonds. The maximum Gasteiger partial charge on any atom is 0.241 e. The molecule has 0 aliphatic heterocycles. The van der Waals surface area contributed by atoms with Crippen LogP contribution in [0.2, 0.25) is 0 Å². The van der Waals surface area contributed by atoms with Crippen molar-refractivity contribution >= 4 is 20.8 Å². The minimum absolute atomic E-state index is 0.250. The van der Waals surface area contributed by atoms with E-state index in [1.807, 2.05) is 6.07 Å². The molecule has 2 rings (SSSR count). The fraction of sp³-hybridized carbons (Fsp3) is 0.308. The smallest absolute Gasteiger partial charge is 0.241 e. The van der Waals surface area contributed by atoms with Gasteiger partial charge in [0.2, 0.25) is 10.0 Å². The molecule has 0 aliphatic rings. The molecular weight excluding hydrogens is 262 g/mol. The van der Waals surface area contributed by atoms with Gasteiger partial charge in [0, 0.05) is 35.2 Å². The predicted molar refractivity (Wildman–Crippen MR) is 75.2 cm³/mol. The Kier molecular flexibility index (Phi) is 3.84. The van der Waals surface area contributed by atoms with Gasteiger partial charge in [0.25, 0.3) is 0 Å². The molecule has 102 valence electrons. The minimum atomic E-state index is -3.59. The first-order valence-electron chi connectivity index (χ1n) is 6.02. The fourth-order valence-electron chi connectivity index (χ4n) is 1.74. The maximum absolute atomic E-state index is 12.4. The van der Waals surface area contributed by atoms with Crippen molar-refractivity contribution in [2.45, 2.75) is 30.8 Å². The lowest BCUT2D eigenvalue weighted by Crippen LogP contribution is -2.43. The molecule has 2 unspecified atom stereocenters. The van der Waals surface area contributed by atoms with Crippen LogP contribution in [0.15, 0.2) is 41.6 Å². The van der Waals surface area contributed by atoms with Gasteiger partial charge in [-0.2, -0.15) is 0 Å². The lowest BCUT2D eigenvalue weighted by atomic mass is 10.2. The molecule has 0 saturated heterocycles. The third-order valence-corrected chi connectivity index (χ3v) is 4.68. The summed E-state index contributed by atoms with van der Waals surface area (Å²) >= 11 is 0. The van der Waals surface area contributed by atoms with Gasteiger partial charge in [0.1, 0.15) is 0 Å². The Bertz CT molecular complexity index is 678. The highest BCUT2D eigenvalue weighted by Gasteiger charge is 2.21. The van der Waals surface area contributed by atoms with E-state index in [1.165, 1.54) is 0 Å². The van der Waals surface area contributed by atoms with Crippen molar-refractivity contribution in [3.63, 3.8) is 0 Å². The van der Waals surface area contributed by atoms with Gasteiger partial charge in [-0.15, -0.1) is 0 Å². The summed E-state index contributed by atoms with van der Waals surface area (Å²) in [4.78, 5) is 4.24. The van der Waals surface area contributed by atoms with Gasteiger partial charge in [0.15, 0.2) is 0 Å². The molecule has 2 aromatic rings. The molecule has 0 spiro atoms. The van der Waals surface area contributed by atoms with E-state index in [0.717, 1.165) is 5.39 Å². The molecule has 5 nitrogen and oxygen atoms in total. The first-order valence-corrected chi connectivity index (χ1v) is 7.51. The van der Waals surface area contributed by atoms with Gasteiger partial charge in [-0.3, -0.25) is 4.98 Å². The van der Waals surface area contributed by atoms with Crippen molar-refractivity contribution in [1.82, 2.24) is 9.71 Å². The van der Waals surface area contributed by atoms with Crippen molar-refractivity contribution in [3.05, 3.63) is 36.7 Å². The summed E-state index contributed by atoms with van der Waals surface area (Å²) in [5.74, 6) is 0. The lowest BCUT2D eigenvalue weighted by molar-refractivity contribution is 0.524. The lowest BCUT2D eigenvalue weighted by Gasteiger charge is -2.18. The van der Waals surface area contributed by atoms with Crippen molar-refractivity contribution < 1.29 is 8.42 Å². The third-order valence-electron chi connectivity index (χ3n) is 3.06. The molecule has 0 saturated carbocycles. The van der Waals surface area contributed by atoms with Crippen molar-refractivity contribution in [1.29, 1.82) is 0 Å². The van der Waals surface area contributed by atoms with Crippen LogP contribution < -0.4 is 10.5 Å². The van der Waals surface area contributed by atoms with Crippen LogP contribution in [0.4, 0.5) is 0 Å². The molecule has 1 aromatic heterocycles. The van der Waals surface area contributed by atoms with Gasteiger partial charge < -0.3 is 5.73 Å². The molecule has 19 heavy (non-hydrogen) atoms. The second-order valence-corrected chi connectivity index (χ2v) is 6.30. The second kappa shape index (κ2) is 5.24. The summed E-state index contributed by atoms with van der Waals surface area (Å²) in [6.45, 7) is 3.51. The summed E-state index contributed by atoms with van der Waals surface area (Å²) in [5, 5.41) is 1.45. The number of nitrogens with two attached hydrogens (primary N) is 1. The number of hydrogen-bond donors (Lipinski definition) is 2. The molecule has 0 bridgehead atoms. The van der Waals surface area contributed by atoms with Gasteiger partial charge in [-0.05, 0) is 26.0 Å². The van der Waals surface area contributed by atoms with Crippen molar-refractivity contribution in [2.24, 2.45) is 5.73 Å². The number of nitrogens with zero attached hydrogens (tertiary/aromatic N) is 1. The Hall–Kier alpha value is -1.50. The summed E-state index contributed by atoms with van der Waals surface area (Å²) < 4.78 is 27.3. The van der Waals surface area contributed by atoms with E-state index >= 15 is 0 Å². The Morgan fingerprint density at radius 3 is 2.68 bits per heavy atom.